The van der Waals surface area contributed by atoms with Crippen LogP contribution in [0.4, 0.5) is 11.4 Å². The molecule has 0 aliphatic carbocycles. The van der Waals surface area contributed by atoms with Crippen LogP contribution in [0.15, 0.2) is 12.1 Å². The van der Waals surface area contributed by atoms with Crippen LogP contribution in [0, 0.1) is 0 Å². The average Bonchev–Trinajstić information content (AvgIpc) is 2.44. The summed E-state index contributed by atoms with van der Waals surface area (Å²) in [5.74, 6) is 1.36. The number of benzene rings is 1. The Morgan fingerprint density at radius 1 is 1.26 bits per heavy atom. The molecule has 0 saturated heterocycles. The minimum absolute atomic E-state index is 0.00220. The van der Waals surface area contributed by atoms with Gasteiger partial charge in [-0.25, -0.2) is 0 Å². The zero-order valence-corrected chi connectivity index (χ0v) is 10.5. The van der Waals surface area contributed by atoms with E-state index in [1.807, 2.05) is 12.1 Å². The van der Waals surface area contributed by atoms with Gasteiger partial charge in [0.1, 0.15) is 13.2 Å². The second-order valence-corrected chi connectivity index (χ2v) is 4.49. The number of ether oxygens (including phenoxy) is 2. The van der Waals surface area contributed by atoms with Crippen LogP contribution in [0.1, 0.15) is 6.42 Å². The number of hydrogen-bond donors (Lipinski definition) is 2. The van der Waals surface area contributed by atoms with Gasteiger partial charge in [-0.3, -0.25) is 4.79 Å². The van der Waals surface area contributed by atoms with E-state index in [9.17, 15) is 4.79 Å². The van der Waals surface area contributed by atoms with E-state index in [1.165, 1.54) is 0 Å². The van der Waals surface area contributed by atoms with Crippen LogP contribution in [0.5, 0.6) is 11.5 Å². The highest BCUT2D eigenvalue weighted by Crippen LogP contribution is 2.41. The van der Waals surface area contributed by atoms with Gasteiger partial charge in [0.2, 0.25) is 5.91 Å². The molecule has 2 heterocycles. The van der Waals surface area contributed by atoms with E-state index in [2.05, 4.69) is 5.32 Å². The summed E-state index contributed by atoms with van der Waals surface area (Å²) < 4.78 is 11.1. The third-order valence-electron chi connectivity index (χ3n) is 3.22. The Morgan fingerprint density at radius 2 is 2.00 bits per heavy atom. The van der Waals surface area contributed by atoms with Crippen LogP contribution in [0.25, 0.3) is 0 Å². The largest absolute Gasteiger partial charge is 0.486 e. The fourth-order valence-corrected chi connectivity index (χ4v) is 2.32. The molecule has 0 fully saturated rings. The van der Waals surface area contributed by atoms with E-state index in [0.717, 1.165) is 11.4 Å². The van der Waals surface area contributed by atoms with Crippen molar-refractivity contribution in [1.82, 2.24) is 0 Å². The molecule has 0 radical (unpaired) electrons. The fraction of sp³-hybridized carbons (Fsp3) is 0.462. The van der Waals surface area contributed by atoms with E-state index >= 15 is 0 Å². The number of aliphatic hydroxyl groups excluding tert-OH is 1. The van der Waals surface area contributed by atoms with Crippen molar-refractivity contribution in [3.05, 3.63) is 12.1 Å². The van der Waals surface area contributed by atoms with Gasteiger partial charge in [-0.05, 0) is 6.42 Å². The topological polar surface area (TPSA) is 71.0 Å². The number of fused-ring (bicyclic) bond motifs is 2. The van der Waals surface area contributed by atoms with Gasteiger partial charge < -0.3 is 24.8 Å². The van der Waals surface area contributed by atoms with E-state index in [1.54, 1.807) is 4.90 Å². The number of nitrogens with one attached hydrogen (secondary N) is 1. The third kappa shape index (κ3) is 2.19. The number of amides is 1. The zero-order chi connectivity index (χ0) is 13.2. The number of anilines is 2. The molecule has 2 aliphatic rings. The Bertz CT molecular complexity index is 504. The predicted octanol–water partition coefficient (Wildman–Crippen LogP) is 0.599. The number of aliphatic hydroxyl groups is 1. The van der Waals surface area contributed by atoms with Gasteiger partial charge in [-0.2, -0.15) is 0 Å². The van der Waals surface area contributed by atoms with Crippen molar-refractivity contribution in [1.29, 1.82) is 0 Å². The monoisotopic (exact) mass is 264 g/mol. The third-order valence-corrected chi connectivity index (χ3v) is 3.22. The lowest BCUT2D eigenvalue weighted by Crippen LogP contribution is -2.40. The molecule has 0 saturated carbocycles. The molecule has 3 rings (SSSR count). The van der Waals surface area contributed by atoms with Crippen molar-refractivity contribution in [2.45, 2.75) is 6.42 Å². The summed E-state index contributed by atoms with van der Waals surface area (Å²) in [7, 11) is 0. The molecule has 1 aromatic rings. The van der Waals surface area contributed by atoms with E-state index in [-0.39, 0.29) is 19.1 Å². The number of nitrogens with zero attached hydrogens (tertiary/aromatic N) is 1. The highest BCUT2D eigenvalue weighted by molar-refractivity contribution is 6.03. The molecular formula is C13H16N2O4. The van der Waals surface area contributed by atoms with Crippen molar-refractivity contribution >= 4 is 17.3 Å². The smallest absolute Gasteiger partial charge is 0.246 e. The average molecular weight is 264 g/mol. The molecule has 2 aliphatic heterocycles. The van der Waals surface area contributed by atoms with Crippen LogP contribution < -0.4 is 19.7 Å². The number of hydrogen-bond acceptors (Lipinski definition) is 5. The molecule has 2 N–H and O–H groups in total. The summed E-state index contributed by atoms with van der Waals surface area (Å²) in [4.78, 5) is 13.6. The minimum atomic E-state index is -0.00220. The predicted molar refractivity (Wildman–Crippen MR) is 70.0 cm³/mol. The van der Waals surface area contributed by atoms with Gasteiger partial charge >= 0.3 is 0 Å². The maximum atomic E-state index is 11.9. The van der Waals surface area contributed by atoms with Crippen molar-refractivity contribution in [3.8, 4) is 11.5 Å². The van der Waals surface area contributed by atoms with Crippen molar-refractivity contribution in [2.75, 3.05) is 43.1 Å². The van der Waals surface area contributed by atoms with Crippen LogP contribution in [-0.2, 0) is 4.79 Å². The molecule has 0 spiro atoms. The van der Waals surface area contributed by atoms with E-state index < -0.39 is 0 Å². The van der Waals surface area contributed by atoms with Crippen LogP contribution >= 0.6 is 0 Å². The van der Waals surface area contributed by atoms with Crippen molar-refractivity contribution < 1.29 is 19.4 Å². The van der Waals surface area contributed by atoms with Gasteiger partial charge in [-0.15, -0.1) is 0 Å². The Hall–Kier alpha value is -1.95. The molecule has 0 bridgehead atoms. The lowest BCUT2D eigenvalue weighted by Gasteiger charge is -2.32. The Kier molecular flexibility index (Phi) is 3.16. The first-order valence-corrected chi connectivity index (χ1v) is 6.38. The Morgan fingerprint density at radius 3 is 2.74 bits per heavy atom. The second kappa shape index (κ2) is 4.97. The lowest BCUT2D eigenvalue weighted by atomic mass is 10.1. The summed E-state index contributed by atoms with van der Waals surface area (Å²) in [5, 5.41) is 12.0. The van der Waals surface area contributed by atoms with Gasteiger partial charge in [0, 0.05) is 25.3 Å². The summed E-state index contributed by atoms with van der Waals surface area (Å²) >= 11 is 0. The van der Waals surface area contributed by atoms with E-state index in [0.29, 0.717) is 37.7 Å². The van der Waals surface area contributed by atoms with Crippen LogP contribution in [0.2, 0.25) is 0 Å². The van der Waals surface area contributed by atoms with Gasteiger partial charge in [0.15, 0.2) is 11.5 Å². The maximum absolute atomic E-state index is 11.9. The molecule has 6 heteroatoms. The zero-order valence-electron chi connectivity index (χ0n) is 10.5. The quantitative estimate of drug-likeness (QED) is 0.836. The molecule has 102 valence electrons. The Balaban J connectivity index is 1.96. The molecule has 0 aromatic heterocycles. The minimum Gasteiger partial charge on any atom is -0.486 e. The first-order chi connectivity index (χ1) is 9.29. The summed E-state index contributed by atoms with van der Waals surface area (Å²) in [6, 6.07) is 3.69. The van der Waals surface area contributed by atoms with Crippen molar-refractivity contribution in [3.63, 3.8) is 0 Å². The molecule has 0 atom stereocenters. The van der Waals surface area contributed by atoms with Gasteiger partial charge in [-0.1, -0.05) is 0 Å². The molecular weight excluding hydrogens is 248 g/mol. The molecule has 1 amide bonds. The first kappa shape index (κ1) is 12.1. The number of carbonyl (C=O) groups excluding carboxylic acids is 1. The maximum Gasteiger partial charge on any atom is 0.246 e. The van der Waals surface area contributed by atoms with Crippen LogP contribution in [0.3, 0.4) is 0 Å². The molecule has 19 heavy (non-hydrogen) atoms. The number of rotatable bonds is 3. The van der Waals surface area contributed by atoms with Gasteiger partial charge in [0.25, 0.3) is 0 Å². The SMILES string of the molecule is O=C1CNc2cc3c(cc2N1CCCO)OCCO3. The van der Waals surface area contributed by atoms with Crippen molar-refractivity contribution in [2.24, 2.45) is 0 Å². The highest BCUT2D eigenvalue weighted by Gasteiger charge is 2.26. The molecule has 6 nitrogen and oxygen atoms in total. The normalized spacial score (nSPS) is 16.9. The second-order valence-electron chi connectivity index (χ2n) is 4.49. The first-order valence-electron chi connectivity index (χ1n) is 6.38. The Labute approximate surface area is 110 Å². The highest BCUT2D eigenvalue weighted by atomic mass is 16.6. The lowest BCUT2D eigenvalue weighted by molar-refractivity contribution is -0.117. The van der Waals surface area contributed by atoms with Crippen LogP contribution in [-0.4, -0.2) is 43.9 Å². The van der Waals surface area contributed by atoms with Gasteiger partial charge in [0.05, 0.1) is 17.9 Å². The fourth-order valence-electron chi connectivity index (χ4n) is 2.32. The summed E-state index contributed by atoms with van der Waals surface area (Å²) in [6.07, 6.45) is 0.555. The summed E-state index contributed by atoms with van der Waals surface area (Å²) in [6.45, 7) is 1.89. The number of carbonyl (C=O) groups is 1. The standard InChI is InChI=1S/C13H16N2O4/c16-3-1-2-15-10-7-12-11(18-4-5-19-12)6-9(10)14-8-13(15)17/h6-7,14,16H,1-5,8H2. The van der Waals surface area contributed by atoms with E-state index in [4.69, 9.17) is 14.6 Å². The molecule has 0 unspecified atom stereocenters. The summed E-state index contributed by atoms with van der Waals surface area (Å²) in [5.41, 5.74) is 1.65. The molecule has 1 aromatic carbocycles.